The molecule has 8 bridgehead atoms. The van der Waals surface area contributed by atoms with E-state index in [1.54, 1.807) is 0 Å². The third-order valence-electron chi connectivity index (χ3n) is 25.3. The molecule has 2 aliphatic heterocycles. The molecule has 562 valence electrons. The quantitative estimate of drug-likeness (QED) is 0.0145. The maximum Gasteiger partial charge on any atom is 0.500 e. The Labute approximate surface area is 617 Å². The van der Waals surface area contributed by atoms with Crippen LogP contribution in [0.3, 0.4) is 0 Å². The Morgan fingerprint density at radius 3 is 1.05 bits per heavy atom. The zero-order chi connectivity index (χ0) is 72.9. The number of carbonyl (C=O) groups excluding carboxylic acids is 8. The first-order valence-electron chi connectivity index (χ1n) is 37.7. The summed E-state index contributed by atoms with van der Waals surface area (Å²) in [5, 5.41) is 26.9. The average molecular weight is 1690 g/mol. The molecule has 0 radical (unpaired) electrons. The normalized spacial score (nSPS) is 36.5. The van der Waals surface area contributed by atoms with Gasteiger partial charge in [0.2, 0.25) is 11.8 Å². The molecule has 2 saturated heterocycles. The molecule has 0 aromatic carbocycles. The van der Waals surface area contributed by atoms with Crippen LogP contribution in [0.2, 0.25) is 18.1 Å². The summed E-state index contributed by atoms with van der Waals surface area (Å²) in [5.74, 6) is -11.0. The summed E-state index contributed by atoms with van der Waals surface area (Å²) in [5.41, 5.74) is 2.61. The van der Waals surface area contributed by atoms with Crippen molar-refractivity contribution in [2.75, 3.05) is 79.1 Å². The second-order valence-electron chi connectivity index (χ2n) is 29.5. The SMILES string of the molecule is CCO[Si](CCCN)(OCC)OCC.CCO[Si](CCCNC(=O)C1C2CC(C1C(=O)O)C1(CCC3(CC4CC3C(C(=O)NCCC[Si](OCC)(OCC)OCC)C4C(=O)O)C1=O)C2)(OCC)OCC.O=C1OC(=O)C2C1C1CC2C2(CCC3(CC4CC3C3C(=O)OC(=O)C43)C2=O)C1.[3H][CH2-].[U]. The minimum absolute atomic E-state index is 0. The number of ether oxygens (including phenoxy) is 2. The van der Waals surface area contributed by atoms with E-state index in [2.05, 4.69) is 18.0 Å². The van der Waals surface area contributed by atoms with Gasteiger partial charge in [-0.25, -0.2) is 1.37 Å². The van der Waals surface area contributed by atoms with E-state index in [9.17, 15) is 53.4 Å². The second-order valence-corrected chi connectivity index (χ2v) is 37.7. The largest absolute Gasteiger partial charge is 0.500 e. The second kappa shape index (κ2) is 33.7. The summed E-state index contributed by atoms with van der Waals surface area (Å²) in [6.45, 7) is 23.0. The predicted molar refractivity (Wildman–Crippen MR) is 360 cm³/mol. The van der Waals surface area contributed by atoms with Crippen LogP contribution in [0.25, 0.3) is 0 Å². The van der Waals surface area contributed by atoms with Crippen LogP contribution in [0.4, 0.5) is 0 Å². The van der Waals surface area contributed by atoms with Crippen molar-refractivity contribution in [1.29, 1.82) is 0 Å². The molecule has 12 rings (SSSR count). The molecular formula is C70H112N3O23Si3U-. The summed E-state index contributed by atoms with van der Waals surface area (Å²) in [4.78, 5) is 131. The molecule has 4 spiro atoms. The van der Waals surface area contributed by atoms with Crippen molar-refractivity contribution in [3.8, 4) is 0 Å². The number of carboxylic acids is 2. The molecule has 2 amide bonds. The van der Waals surface area contributed by atoms with Crippen LogP contribution >= 0.6 is 0 Å². The van der Waals surface area contributed by atoms with E-state index in [0.29, 0.717) is 149 Å². The first-order valence-corrected chi connectivity index (χ1v) is 42.8. The third kappa shape index (κ3) is 14.5. The summed E-state index contributed by atoms with van der Waals surface area (Å²) < 4.78 is 67.9. The topological polar surface area (TPSA) is 363 Å². The molecule has 26 nitrogen and oxygen atoms in total. The Bertz CT molecular complexity index is 2890. The maximum atomic E-state index is 15.0. The van der Waals surface area contributed by atoms with E-state index >= 15 is 4.79 Å². The summed E-state index contributed by atoms with van der Waals surface area (Å²) in [6, 6.07) is 1.83. The number of rotatable bonds is 33. The monoisotopic (exact) mass is 1690 g/mol. The fourth-order valence-electron chi connectivity index (χ4n) is 22.5. The molecule has 10 saturated carbocycles. The number of hydrogen-bond acceptors (Lipinski definition) is 22. The van der Waals surface area contributed by atoms with Gasteiger partial charge in [-0.15, -0.1) is 0 Å². The third-order valence-corrected chi connectivity index (χ3v) is 34.7. The van der Waals surface area contributed by atoms with Crippen LogP contribution in [0.1, 0.15) is 160 Å². The van der Waals surface area contributed by atoms with E-state index in [0.717, 1.165) is 38.1 Å². The number of Topliss-reactive ketones (excluding diaryl/α,β-unsaturated/α-hetero) is 2. The molecule has 12 fully saturated rings. The Morgan fingerprint density at radius 2 is 0.720 bits per heavy atom. The molecule has 0 aromatic heterocycles. The number of carbonyl (C=O) groups is 10. The van der Waals surface area contributed by atoms with Gasteiger partial charge in [-0.3, -0.25) is 47.9 Å². The van der Waals surface area contributed by atoms with Crippen molar-refractivity contribution < 1.29 is 140 Å². The Balaban J connectivity index is 0.000000235. The van der Waals surface area contributed by atoms with Crippen molar-refractivity contribution in [2.45, 2.75) is 177 Å². The molecule has 2 heterocycles. The number of cyclic esters (lactones) is 4. The Morgan fingerprint density at radius 1 is 0.440 bits per heavy atom. The van der Waals surface area contributed by atoms with E-state index in [4.69, 9.17) is 56.4 Å². The number of nitrogens with one attached hydrogen (secondary N) is 2. The molecule has 0 aromatic rings. The average Bonchev–Trinajstić information content (AvgIpc) is 1.59. The number of carboxylic acid groups (broad SMARTS) is 2. The van der Waals surface area contributed by atoms with Crippen molar-refractivity contribution in [3.63, 3.8) is 0 Å². The number of hydrogen-bond donors (Lipinski definition) is 5. The van der Waals surface area contributed by atoms with Gasteiger partial charge in [0.25, 0.3) is 0 Å². The van der Waals surface area contributed by atoms with Crippen LogP contribution in [-0.4, -0.2) is 175 Å². The van der Waals surface area contributed by atoms with Gasteiger partial charge in [-0.2, -0.15) is 0 Å². The summed E-state index contributed by atoms with van der Waals surface area (Å²) in [7, 11) is -5.72. The minimum atomic E-state index is -2.92. The first kappa shape index (κ1) is 80.9. The van der Waals surface area contributed by atoms with Gasteiger partial charge in [-0.05, 0) is 213 Å². The number of esters is 4. The van der Waals surface area contributed by atoms with Crippen molar-refractivity contribution in [3.05, 3.63) is 7.40 Å². The maximum absolute atomic E-state index is 15.0. The zero-order valence-corrected chi connectivity index (χ0v) is 67.4. The standard InChI is InChI=1S/C39H66N2O13Si2.C21H20O7.C9H23NO3Si.CH3.U/c1-7-49-55(50-8-2,51-9-3)19-13-17-40-33(42)29-25-21-28(32(29)36(46)47)39(23-25)16-15-38(37(39)48)24-26-22-27(38)31(30(26)35(44)45)34(43)41-18-14-20-56(52-10-4,53-11-5)54-12-6;22-15-11-7-3-9(13(11)17(24)27-15)20(5-7)1-2-21(19(20)26)6-8-4-10(21)14-12(8)16(23)28-18(14)25;1-4-11-14(12-5-2,13-6-3)9-7-8-10;;/h25-32H,7-24H2,1-6H3,(H,40,42)(H,41,43)(H,44,45)(H,46,47);7-14H,1-6H2;4-10H2,1-3H3;1H3;/q;;;-1;/i;;;1T;. The number of nitrogens with two attached hydrogens (primary N) is 1. The van der Waals surface area contributed by atoms with Crippen molar-refractivity contribution in [1.82, 2.24) is 10.6 Å². The summed E-state index contributed by atoms with van der Waals surface area (Å²) >= 11 is 0. The molecule has 10 aliphatic carbocycles. The number of fused-ring (bicyclic) bond motifs is 18. The molecule has 20 atom stereocenters. The minimum Gasteiger partial charge on any atom is -0.481 e. The van der Waals surface area contributed by atoms with Crippen LogP contribution in [0.5, 0.6) is 0 Å². The van der Waals surface area contributed by atoms with E-state index in [-0.39, 0.29) is 108 Å². The van der Waals surface area contributed by atoms with E-state index in [1.807, 2.05) is 62.3 Å². The first-order chi connectivity index (χ1) is 47.9. The van der Waals surface area contributed by atoms with Crippen molar-refractivity contribution >= 4 is 85.6 Å². The van der Waals surface area contributed by atoms with E-state index in [1.165, 1.54) is 0 Å². The fourth-order valence-corrected chi connectivity index (χ4v) is 30.4. The van der Waals surface area contributed by atoms with Gasteiger partial charge >= 0.3 is 62.2 Å². The van der Waals surface area contributed by atoms with Crippen LogP contribution in [0.15, 0.2) is 0 Å². The van der Waals surface area contributed by atoms with Gasteiger partial charge in [-0.1, -0.05) is 0 Å². The molecular weight excluding hydrogens is 1570 g/mol. The predicted octanol–water partition coefficient (Wildman–Crippen LogP) is 7.01. The smallest absolute Gasteiger partial charge is 0.481 e. The molecule has 6 N–H and O–H groups in total. The fraction of sp³-hybridized carbons (Fsp3) is 0.843. The van der Waals surface area contributed by atoms with Crippen LogP contribution in [-0.2, 0) is 97.3 Å². The van der Waals surface area contributed by atoms with Gasteiger partial charge in [0.1, 0.15) is 11.6 Å². The van der Waals surface area contributed by atoms with Gasteiger partial charge in [0, 0.05) is 143 Å². The Hall–Kier alpha value is -3.20. The van der Waals surface area contributed by atoms with Gasteiger partial charge in [0.15, 0.2) is 0 Å². The molecule has 12 aliphatic rings. The summed E-state index contributed by atoms with van der Waals surface area (Å²) in [6.07, 6.45) is 9.05. The van der Waals surface area contributed by atoms with Gasteiger partial charge in [0.05, 0.1) is 47.3 Å². The zero-order valence-electron chi connectivity index (χ0n) is 61.2. The molecule has 100 heavy (non-hydrogen) atoms. The number of amides is 2. The number of aliphatic carboxylic acids is 2. The van der Waals surface area contributed by atoms with E-state index < -0.39 is 131 Å². The van der Waals surface area contributed by atoms with Crippen LogP contribution < -0.4 is 16.4 Å². The Kier molecular flexibility index (Phi) is 27.3. The van der Waals surface area contributed by atoms with Crippen LogP contribution in [0, 0.1) is 155 Å². The molecule has 20 unspecified atom stereocenters. The van der Waals surface area contributed by atoms with Crippen molar-refractivity contribution in [2.24, 2.45) is 122 Å². The molecule has 30 heteroatoms. The van der Waals surface area contributed by atoms with Gasteiger partial charge < -0.3 is 83.3 Å². The number of ketones is 2.